The second-order valence-corrected chi connectivity index (χ2v) is 6.99. The van der Waals surface area contributed by atoms with E-state index in [-0.39, 0.29) is 11.3 Å². The second kappa shape index (κ2) is 9.78. The van der Waals surface area contributed by atoms with E-state index in [4.69, 9.17) is 4.74 Å². The average molecular weight is 464 g/mol. The minimum absolute atomic E-state index is 0.0277. The number of nitrogens with one attached hydrogen (secondary N) is 2. The molecule has 2 aromatic carbocycles. The first-order valence-electron chi connectivity index (χ1n) is 8.49. The van der Waals surface area contributed by atoms with Crippen molar-refractivity contribution in [3.8, 4) is 0 Å². The van der Waals surface area contributed by atoms with Crippen molar-refractivity contribution in [1.29, 1.82) is 0 Å². The molecule has 0 spiro atoms. The Bertz CT molecular complexity index is 932. The number of halogens is 1. The Morgan fingerprint density at radius 2 is 1.76 bits per heavy atom. The number of carbonyl (C=O) groups is 3. The van der Waals surface area contributed by atoms with E-state index < -0.39 is 34.9 Å². The summed E-state index contributed by atoms with van der Waals surface area (Å²) in [6.45, 7) is 2.79. The van der Waals surface area contributed by atoms with Gasteiger partial charge in [-0.3, -0.25) is 19.7 Å². The van der Waals surface area contributed by atoms with Crippen LogP contribution in [0.5, 0.6) is 0 Å². The number of hydrogen-bond acceptors (Lipinski definition) is 6. The number of benzene rings is 2. The molecule has 2 amide bonds. The van der Waals surface area contributed by atoms with Crippen LogP contribution in [0.2, 0.25) is 0 Å². The highest BCUT2D eigenvalue weighted by atomic mass is 79.9. The SMILES string of the molecule is CC(OC(=O)[C@H](C)NC(=O)c1cccc([N+](=O)[O-])c1)C(=O)Nc1ccc(Br)cc1. The maximum absolute atomic E-state index is 12.2. The van der Waals surface area contributed by atoms with Crippen LogP contribution >= 0.6 is 15.9 Å². The summed E-state index contributed by atoms with van der Waals surface area (Å²) in [4.78, 5) is 46.7. The molecule has 0 saturated carbocycles. The molecule has 2 N–H and O–H groups in total. The summed E-state index contributed by atoms with van der Waals surface area (Å²) < 4.78 is 5.94. The minimum atomic E-state index is -1.09. The number of nitro benzene ring substituents is 1. The summed E-state index contributed by atoms with van der Waals surface area (Å²) in [6.07, 6.45) is -1.09. The highest BCUT2D eigenvalue weighted by Crippen LogP contribution is 2.15. The van der Waals surface area contributed by atoms with Crippen molar-refractivity contribution in [3.63, 3.8) is 0 Å². The quantitative estimate of drug-likeness (QED) is 0.368. The number of ether oxygens (including phenoxy) is 1. The fourth-order valence-corrected chi connectivity index (χ4v) is 2.47. The number of nitro groups is 1. The van der Waals surface area contributed by atoms with Gasteiger partial charge in [-0.2, -0.15) is 0 Å². The first-order chi connectivity index (χ1) is 13.7. The number of hydrogen-bond donors (Lipinski definition) is 2. The molecule has 9 nitrogen and oxygen atoms in total. The van der Waals surface area contributed by atoms with Crippen LogP contribution in [0.15, 0.2) is 53.0 Å². The van der Waals surface area contributed by atoms with Crippen LogP contribution in [0.4, 0.5) is 11.4 Å². The molecule has 1 unspecified atom stereocenters. The smallest absolute Gasteiger partial charge is 0.329 e. The third-order valence-corrected chi connectivity index (χ3v) is 4.32. The molecule has 0 aliphatic rings. The van der Waals surface area contributed by atoms with Gasteiger partial charge in [-0.05, 0) is 44.2 Å². The maximum Gasteiger partial charge on any atom is 0.329 e. The first-order valence-corrected chi connectivity index (χ1v) is 9.29. The monoisotopic (exact) mass is 463 g/mol. The molecule has 0 bridgehead atoms. The van der Waals surface area contributed by atoms with Crippen LogP contribution in [-0.2, 0) is 14.3 Å². The van der Waals surface area contributed by atoms with Crippen LogP contribution < -0.4 is 10.6 Å². The van der Waals surface area contributed by atoms with Crippen LogP contribution in [-0.4, -0.2) is 34.9 Å². The molecule has 0 saturated heterocycles. The van der Waals surface area contributed by atoms with Gasteiger partial charge in [0, 0.05) is 27.9 Å². The largest absolute Gasteiger partial charge is 0.451 e. The molecular weight excluding hydrogens is 446 g/mol. The van der Waals surface area contributed by atoms with E-state index in [2.05, 4.69) is 26.6 Å². The summed E-state index contributed by atoms with van der Waals surface area (Å²) in [5.74, 6) is -2.02. The molecule has 0 fully saturated rings. The molecule has 2 atom stereocenters. The number of nitrogens with zero attached hydrogens (tertiary/aromatic N) is 1. The highest BCUT2D eigenvalue weighted by Gasteiger charge is 2.24. The van der Waals surface area contributed by atoms with Crippen LogP contribution in [0.3, 0.4) is 0 Å². The zero-order chi connectivity index (χ0) is 21.6. The van der Waals surface area contributed by atoms with E-state index in [1.165, 1.54) is 32.0 Å². The first kappa shape index (κ1) is 22.0. The van der Waals surface area contributed by atoms with Crippen LogP contribution in [0.25, 0.3) is 0 Å². The van der Waals surface area contributed by atoms with E-state index in [0.717, 1.165) is 10.5 Å². The van der Waals surface area contributed by atoms with E-state index in [1.54, 1.807) is 24.3 Å². The fraction of sp³-hybridized carbons (Fsp3) is 0.211. The summed E-state index contributed by atoms with van der Waals surface area (Å²) in [5, 5.41) is 15.8. The normalized spacial score (nSPS) is 12.4. The molecule has 29 heavy (non-hydrogen) atoms. The van der Waals surface area contributed by atoms with Crippen molar-refractivity contribution < 1.29 is 24.0 Å². The molecule has 0 aliphatic carbocycles. The topological polar surface area (TPSA) is 128 Å². The number of amides is 2. The average Bonchev–Trinajstić information content (AvgIpc) is 2.69. The highest BCUT2D eigenvalue weighted by molar-refractivity contribution is 9.10. The van der Waals surface area contributed by atoms with E-state index in [9.17, 15) is 24.5 Å². The number of esters is 1. The number of rotatable bonds is 7. The predicted octanol–water partition coefficient (Wildman–Crippen LogP) is 3.05. The molecule has 0 heterocycles. The fourth-order valence-electron chi connectivity index (χ4n) is 2.21. The maximum atomic E-state index is 12.2. The summed E-state index contributed by atoms with van der Waals surface area (Å²) in [6, 6.07) is 10.9. The van der Waals surface area contributed by atoms with Gasteiger partial charge >= 0.3 is 5.97 Å². The number of anilines is 1. The lowest BCUT2D eigenvalue weighted by Gasteiger charge is -2.17. The number of non-ortho nitro benzene ring substituents is 1. The Morgan fingerprint density at radius 1 is 1.10 bits per heavy atom. The minimum Gasteiger partial charge on any atom is -0.451 e. The standard InChI is InChI=1S/C19H18BrN3O6/c1-11(21-18(25)13-4-3-5-16(10-13)23(27)28)19(26)29-12(2)17(24)22-15-8-6-14(20)7-9-15/h3-12H,1-2H3,(H,21,25)(H,22,24)/t11-,12?/m0/s1. The molecule has 0 radical (unpaired) electrons. The van der Waals surface area contributed by atoms with Gasteiger partial charge in [0.15, 0.2) is 6.10 Å². The Labute approximate surface area is 174 Å². The molecule has 0 aromatic heterocycles. The summed E-state index contributed by atoms with van der Waals surface area (Å²) in [7, 11) is 0. The van der Waals surface area contributed by atoms with Gasteiger partial charge in [-0.25, -0.2) is 4.79 Å². The molecule has 0 aliphatic heterocycles. The van der Waals surface area contributed by atoms with Crippen molar-refractivity contribution in [2.75, 3.05) is 5.32 Å². The summed E-state index contributed by atoms with van der Waals surface area (Å²) >= 11 is 3.29. The molecule has 10 heteroatoms. The van der Waals surface area contributed by atoms with Crippen LogP contribution in [0.1, 0.15) is 24.2 Å². The second-order valence-electron chi connectivity index (χ2n) is 6.08. The van der Waals surface area contributed by atoms with Crippen molar-refractivity contribution in [1.82, 2.24) is 5.32 Å². The van der Waals surface area contributed by atoms with Crippen LogP contribution in [0, 0.1) is 10.1 Å². The molecule has 152 valence electrons. The Kier molecular flexibility index (Phi) is 7.43. The van der Waals surface area contributed by atoms with Gasteiger partial charge in [-0.1, -0.05) is 22.0 Å². The van der Waals surface area contributed by atoms with Gasteiger partial charge in [0.1, 0.15) is 6.04 Å². The van der Waals surface area contributed by atoms with Gasteiger partial charge in [0.05, 0.1) is 4.92 Å². The Hall–Kier alpha value is -3.27. The lowest BCUT2D eigenvalue weighted by Crippen LogP contribution is -2.42. The third-order valence-electron chi connectivity index (χ3n) is 3.79. The van der Waals surface area contributed by atoms with Gasteiger partial charge < -0.3 is 15.4 Å². The predicted molar refractivity (Wildman–Crippen MR) is 108 cm³/mol. The number of carbonyl (C=O) groups excluding carboxylic acids is 3. The zero-order valence-corrected chi connectivity index (χ0v) is 17.1. The molecule has 2 rings (SSSR count). The zero-order valence-electron chi connectivity index (χ0n) is 15.5. The van der Waals surface area contributed by atoms with E-state index >= 15 is 0 Å². The van der Waals surface area contributed by atoms with Crippen molar-refractivity contribution in [2.24, 2.45) is 0 Å². The van der Waals surface area contributed by atoms with Gasteiger partial charge in [-0.15, -0.1) is 0 Å². The molecule has 2 aromatic rings. The van der Waals surface area contributed by atoms with E-state index in [0.29, 0.717) is 5.69 Å². The van der Waals surface area contributed by atoms with Crippen molar-refractivity contribution >= 4 is 45.1 Å². The summed E-state index contributed by atoms with van der Waals surface area (Å²) in [5.41, 5.74) is 0.319. The molecular formula is C19H18BrN3O6. The van der Waals surface area contributed by atoms with E-state index in [1.807, 2.05) is 0 Å². The van der Waals surface area contributed by atoms with Crippen molar-refractivity contribution in [2.45, 2.75) is 26.0 Å². The Balaban J connectivity index is 1.91. The van der Waals surface area contributed by atoms with Gasteiger partial charge in [0.2, 0.25) is 0 Å². The Morgan fingerprint density at radius 3 is 2.38 bits per heavy atom. The van der Waals surface area contributed by atoms with Gasteiger partial charge in [0.25, 0.3) is 17.5 Å². The van der Waals surface area contributed by atoms with Crippen molar-refractivity contribution in [3.05, 3.63) is 68.7 Å². The lowest BCUT2D eigenvalue weighted by atomic mass is 10.2. The third kappa shape index (κ3) is 6.39. The lowest BCUT2D eigenvalue weighted by molar-refractivity contribution is -0.384.